The molecule has 0 aliphatic rings. The van der Waals surface area contributed by atoms with Gasteiger partial charge in [0.1, 0.15) is 6.04 Å². The molecule has 2 aromatic rings. The predicted octanol–water partition coefficient (Wildman–Crippen LogP) is 3.01. The van der Waals surface area contributed by atoms with Crippen LogP contribution >= 0.6 is 0 Å². The summed E-state index contributed by atoms with van der Waals surface area (Å²) in [6, 6.07) is 19.1. The van der Waals surface area contributed by atoms with Crippen LogP contribution in [0.3, 0.4) is 0 Å². The molecule has 0 aromatic heterocycles. The van der Waals surface area contributed by atoms with E-state index in [1.807, 2.05) is 79.4 Å². The number of rotatable bonds is 8. The van der Waals surface area contributed by atoms with Crippen molar-refractivity contribution >= 4 is 17.6 Å². The van der Waals surface area contributed by atoms with Crippen molar-refractivity contribution in [1.82, 2.24) is 5.32 Å². The van der Waals surface area contributed by atoms with Crippen LogP contribution in [0.1, 0.15) is 19.4 Å². The summed E-state index contributed by atoms with van der Waals surface area (Å²) in [5, 5.41) is 2.80. The van der Waals surface area contributed by atoms with Crippen LogP contribution in [-0.4, -0.2) is 31.6 Å². The largest absolute Gasteiger partial charge is 0.467 e. The minimum atomic E-state index is -0.651. The number of ether oxygens (including phenoxy) is 1. The number of anilines is 1. The number of carbonyl (C=O) groups is 2. The second-order valence-electron chi connectivity index (χ2n) is 6.49. The van der Waals surface area contributed by atoms with Gasteiger partial charge in [-0.2, -0.15) is 0 Å². The second kappa shape index (κ2) is 9.61. The molecule has 0 saturated heterocycles. The number of para-hydroxylation sites is 1. The van der Waals surface area contributed by atoms with Crippen LogP contribution in [0, 0.1) is 5.92 Å². The third-order valence-corrected chi connectivity index (χ3v) is 4.11. The molecule has 2 rings (SSSR count). The van der Waals surface area contributed by atoms with Gasteiger partial charge in [-0.05, 0) is 23.6 Å². The molecule has 138 valence electrons. The lowest BCUT2D eigenvalue weighted by atomic mass is 10.0. The lowest BCUT2D eigenvalue weighted by molar-refractivity contribution is -0.146. The maximum absolute atomic E-state index is 12.6. The van der Waals surface area contributed by atoms with Crippen molar-refractivity contribution < 1.29 is 14.3 Å². The van der Waals surface area contributed by atoms with Crippen LogP contribution in [0.4, 0.5) is 5.69 Å². The molecule has 5 heteroatoms. The van der Waals surface area contributed by atoms with Crippen LogP contribution in [-0.2, 0) is 20.9 Å². The molecule has 5 nitrogen and oxygen atoms in total. The van der Waals surface area contributed by atoms with Gasteiger partial charge in [-0.15, -0.1) is 0 Å². The molecular formula is C21H26N2O3. The van der Waals surface area contributed by atoms with Gasteiger partial charge in [-0.1, -0.05) is 62.4 Å². The zero-order valence-electron chi connectivity index (χ0n) is 15.5. The van der Waals surface area contributed by atoms with E-state index in [-0.39, 0.29) is 18.4 Å². The lowest BCUT2D eigenvalue weighted by Gasteiger charge is -2.26. The molecular weight excluding hydrogens is 328 g/mol. The van der Waals surface area contributed by atoms with E-state index < -0.39 is 12.0 Å². The number of nitrogens with zero attached hydrogens (tertiary/aromatic N) is 1. The second-order valence-corrected chi connectivity index (χ2v) is 6.49. The van der Waals surface area contributed by atoms with Crippen LogP contribution in [0.25, 0.3) is 0 Å². The molecule has 2 aromatic carbocycles. The van der Waals surface area contributed by atoms with Gasteiger partial charge in [0.15, 0.2) is 0 Å². The van der Waals surface area contributed by atoms with Crippen molar-refractivity contribution in [3.8, 4) is 0 Å². The van der Waals surface area contributed by atoms with Crippen molar-refractivity contribution in [1.29, 1.82) is 0 Å². The Hall–Kier alpha value is -2.82. The smallest absolute Gasteiger partial charge is 0.328 e. The normalized spacial score (nSPS) is 11.7. The summed E-state index contributed by atoms with van der Waals surface area (Å²) < 4.78 is 4.79. The summed E-state index contributed by atoms with van der Waals surface area (Å²) >= 11 is 0. The van der Waals surface area contributed by atoms with Gasteiger partial charge in [0.05, 0.1) is 13.7 Å². The topological polar surface area (TPSA) is 58.6 Å². The maximum atomic E-state index is 12.6. The molecule has 0 saturated carbocycles. The van der Waals surface area contributed by atoms with Gasteiger partial charge < -0.3 is 15.0 Å². The Morgan fingerprint density at radius 2 is 1.58 bits per heavy atom. The Labute approximate surface area is 155 Å². The molecule has 0 fully saturated rings. The van der Waals surface area contributed by atoms with Gasteiger partial charge >= 0.3 is 5.97 Å². The summed E-state index contributed by atoms with van der Waals surface area (Å²) in [6.07, 6.45) is 0. The SMILES string of the molecule is COC(=O)C(NC(=O)CN(Cc1ccccc1)c1ccccc1)C(C)C. The van der Waals surface area contributed by atoms with E-state index in [1.165, 1.54) is 7.11 Å². The number of methoxy groups -OCH3 is 1. The first-order valence-corrected chi connectivity index (χ1v) is 8.72. The van der Waals surface area contributed by atoms with Gasteiger partial charge in [-0.25, -0.2) is 4.79 Å². The first kappa shape index (κ1) is 19.5. The number of nitrogens with one attached hydrogen (secondary N) is 1. The van der Waals surface area contributed by atoms with Crippen LogP contribution in [0.5, 0.6) is 0 Å². The number of hydrogen-bond acceptors (Lipinski definition) is 4. The summed E-state index contributed by atoms with van der Waals surface area (Å²) in [5.74, 6) is -0.692. The van der Waals surface area contributed by atoms with Gasteiger partial charge in [0, 0.05) is 12.2 Å². The summed E-state index contributed by atoms with van der Waals surface area (Å²) in [4.78, 5) is 26.5. The molecule has 26 heavy (non-hydrogen) atoms. The number of carbonyl (C=O) groups excluding carboxylic acids is 2. The highest BCUT2D eigenvalue weighted by molar-refractivity contribution is 5.87. The molecule has 1 atom stereocenters. The number of amides is 1. The van der Waals surface area contributed by atoms with E-state index in [9.17, 15) is 9.59 Å². The molecule has 1 unspecified atom stereocenters. The Kier molecular flexibility index (Phi) is 7.21. The maximum Gasteiger partial charge on any atom is 0.328 e. The fourth-order valence-corrected chi connectivity index (χ4v) is 2.70. The Balaban J connectivity index is 2.13. The third-order valence-electron chi connectivity index (χ3n) is 4.11. The zero-order chi connectivity index (χ0) is 18.9. The first-order valence-electron chi connectivity index (χ1n) is 8.72. The van der Waals surface area contributed by atoms with Crippen molar-refractivity contribution in [3.05, 3.63) is 66.2 Å². The summed E-state index contributed by atoms with van der Waals surface area (Å²) in [6.45, 7) is 4.50. The highest BCUT2D eigenvalue weighted by atomic mass is 16.5. The molecule has 0 heterocycles. The third kappa shape index (κ3) is 5.62. The Morgan fingerprint density at radius 1 is 1.00 bits per heavy atom. The summed E-state index contributed by atoms with van der Waals surface area (Å²) in [7, 11) is 1.33. The van der Waals surface area contributed by atoms with E-state index >= 15 is 0 Å². The van der Waals surface area contributed by atoms with Gasteiger partial charge in [0.2, 0.25) is 5.91 Å². The van der Waals surface area contributed by atoms with Gasteiger partial charge in [0.25, 0.3) is 0 Å². The Morgan fingerprint density at radius 3 is 2.12 bits per heavy atom. The Bertz CT molecular complexity index is 702. The minimum Gasteiger partial charge on any atom is -0.467 e. The summed E-state index contributed by atoms with van der Waals surface area (Å²) in [5.41, 5.74) is 2.06. The van der Waals surface area contributed by atoms with Crippen molar-refractivity contribution in [3.63, 3.8) is 0 Å². The molecule has 0 bridgehead atoms. The van der Waals surface area contributed by atoms with Crippen LogP contribution in [0.15, 0.2) is 60.7 Å². The quantitative estimate of drug-likeness (QED) is 0.741. The zero-order valence-corrected chi connectivity index (χ0v) is 15.5. The van der Waals surface area contributed by atoms with Crippen molar-refractivity contribution in [2.45, 2.75) is 26.4 Å². The van der Waals surface area contributed by atoms with Crippen LogP contribution in [0.2, 0.25) is 0 Å². The average molecular weight is 354 g/mol. The highest BCUT2D eigenvalue weighted by Gasteiger charge is 2.25. The van der Waals surface area contributed by atoms with Crippen molar-refractivity contribution in [2.24, 2.45) is 5.92 Å². The van der Waals surface area contributed by atoms with E-state index in [1.54, 1.807) is 0 Å². The fraction of sp³-hybridized carbons (Fsp3) is 0.333. The standard InChI is InChI=1S/C21H26N2O3/c1-16(2)20(21(25)26-3)22-19(24)15-23(18-12-8-5-9-13-18)14-17-10-6-4-7-11-17/h4-13,16,20H,14-15H2,1-3H3,(H,22,24). The lowest BCUT2D eigenvalue weighted by Crippen LogP contribution is -2.48. The van der Waals surface area contributed by atoms with E-state index in [2.05, 4.69) is 5.32 Å². The molecule has 0 radical (unpaired) electrons. The van der Waals surface area contributed by atoms with E-state index in [0.717, 1.165) is 11.3 Å². The number of benzene rings is 2. The molecule has 0 spiro atoms. The monoisotopic (exact) mass is 354 g/mol. The molecule has 1 amide bonds. The van der Waals surface area contributed by atoms with Crippen LogP contribution < -0.4 is 10.2 Å². The average Bonchev–Trinajstić information content (AvgIpc) is 2.66. The molecule has 0 aliphatic heterocycles. The fourth-order valence-electron chi connectivity index (χ4n) is 2.70. The minimum absolute atomic E-state index is 0.0503. The highest BCUT2D eigenvalue weighted by Crippen LogP contribution is 2.16. The van der Waals surface area contributed by atoms with E-state index in [4.69, 9.17) is 4.74 Å². The molecule has 1 N–H and O–H groups in total. The first-order chi connectivity index (χ1) is 12.5. The predicted molar refractivity (Wildman–Crippen MR) is 103 cm³/mol. The molecule has 0 aliphatic carbocycles. The number of hydrogen-bond donors (Lipinski definition) is 1. The van der Waals surface area contributed by atoms with Crippen molar-refractivity contribution in [2.75, 3.05) is 18.6 Å². The number of esters is 1. The van der Waals surface area contributed by atoms with Gasteiger partial charge in [-0.3, -0.25) is 4.79 Å². The van der Waals surface area contributed by atoms with E-state index in [0.29, 0.717) is 6.54 Å².